The van der Waals surface area contributed by atoms with Gasteiger partial charge in [-0.2, -0.15) is 0 Å². The topological polar surface area (TPSA) is 93.7 Å². The van der Waals surface area contributed by atoms with Crippen LogP contribution in [0.25, 0.3) is 0 Å². The van der Waals surface area contributed by atoms with Crippen LogP contribution in [0.4, 0.5) is 10.7 Å². The number of hydrogen-bond donors (Lipinski definition) is 2. The maximum Gasteiger partial charge on any atom is 0.341 e. The molecule has 0 bridgehead atoms. The zero-order valence-corrected chi connectivity index (χ0v) is 16.5. The summed E-state index contributed by atoms with van der Waals surface area (Å²) >= 11 is 1.28. The molecule has 0 fully saturated rings. The van der Waals surface area contributed by atoms with E-state index in [2.05, 4.69) is 10.6 Å². The van der Waals surface area contributed by atoms with Gasteiger partial charge in [-0.05, 0) is 38.5 Å². The van der Waals surface area contributed by atoms with Gasteiger partial charge < -0.3 is 20.1 Å². The lowest BCUT2D eigenvalue weighted by Gasteiger charge is -2.10. The summed E-state index contributed by atoms with van der Waals surface area (Å²) in [5, 5.41) is 5.92. The second-order valence-electron chi connectivity index (χ2n) is 5.63. The van der Waals surface area contributed by atoms with Crippen molar-refractivity contribution in [1.29, 1.82) is 0 Å². The van der Waals surface area contributed by atoms with E-state index in [0.717, 1.165) is 10.4 Å². The number of hydrogen-bond acceptors (Lipinski definition) is 7. The van der Waals surface area contributed by atoms with Crippen LogP contribution in [0.1, 0.15) is 38.1 Å². The predicted octanol–water partition coefficient (Wildman–Crippen LogP) is 3.38. The Kier molecular flexibility index (Phi) is 6.95. The van der Waals surface area contributed by atoms with Crippen molar-refractivity contribution in [3.05, 3.63) is 45.8 Å². The van der Waals surface area contributed by atoms with Crippen molar-refractivity contribution in [2.24, 2.45) is 0 Å². The van der Waals surface area contributed by atoms with E-state index in [4.69, 9.17) is 9.47 Å². The SMILES string of the molecule is CCOC(=O)c1c(NC(=O)COC(=O)c2ccccc2NC)sc(C)c1C. The molecule has 0 aliphatic rings. The predicted molar refractivity (Wildman–Crippen MR) is 105 cm³/mol. The highest BCUT2D eigenvalue weighted by atomic mass is 32.1. The van der Waals surface area contributed by atoms with Gasteiger partial charge in [-0.1, -0.05) is 12.1 Å². The standard InChI is InChI=1S/C19H22N2O5S/c1-5-25-19(24)16-11(2)12(3)27-17(16)21-15(22)10-26-18(23)13-8-6-7-9-14(13)20-4/h6-9,20H,5,10H2,1-4H3,(H,21,22). The number of anilines is 2. The molecule has 1 aromatic carbocycles. The van der Waals surface area contributed by atoms with Gasteiger partial charge in [0.05, 0.1) is 17.7 Å². The summed E-state index contributed by atoms with van der Waals surface area (Å²) in [5.41, 5.74) is 2.04. The quantitative estimate of drug-likeness (QED) is 0.704. The molecule has 7 nitrogen and oxygen atoms in total. The van der Waals surface area contributed by atoms with Crippen LogP contribution in [0.3, 0.4) is 0 Å². The number of thiophene rings is 1. The molecule has 27 heavy (non-hydrogen) atoms. The number of para-hydroxylation sites is 1. The molecule has 144 valence electrons. The molecule has 2 rings (SSSR count). The second kappa shape index (κ2) is 9.18. The van der Waals surface area contributed by atoms with E-state index in [-0.39, 0.29) is 6.61 Å². The van der Waals surface area contributed by atoms with E-state index < -0.39 is 24.5 Å². The number of benzene rings is 1. The van der Waals surface area contributed by atoms with E-state index in [1.54, 1.807) is 45.2 Å². The van der Waals surface area contributed by atoms with Crippen LogP contribution in [0.15, 0.2) is 24.3 Å². The molecule has 0 saturated carbocycles. The Balaban J connectivity index is 2.05. The van der Waals surface area contributed by atoms with Gasteiger partial charge in [0.15, 0.2) is 6.61 Å². The molecule has 2 aromatic rings. The first-order valence-corrected chi connectivity index (χ1v) is 9.21. The number of ether oxygens (including phenoxy) is 2. The Morgan fingerprint density at radius 1 is 1.07 bits per heavy atom. The highest BCUT2D eigenvalue weighted by Crippen LogP contribution is 2.33. The van der Waals surface area contributed by atoms with Crippen LogP contribution in [-0.4, -0.2) is 38.1 Å². The van der Waals surface area contributed by atoms with Gasteiger partial charge in [0.25, 0.3) is 5.91 Å². The first-order chi connectivity index (χ1) is 12.9. The smallest absolute Gasteiger partial charge is 0.341 e. The number of amides is 1. The number of rotatable bonds is 7. The fourth-order valence-corrected chi connectivity index (χ4v) is 3.48. The maximum atomic E-state index is 12.2. The van der Waals surface area contributed by atoms with E-state index in [0.29, 0.717) is 21.8 Å². The lowest BCUT2D eigenvalue weighted by atomic mass is 10.1. The Morgan fingerprint density at radius 2 is 1.78 bits per heavy atom. The Labute approximate surface area is 161 Å². The zero-order valence-electron chi connectivity index (χ0n) is 15.7. The minimum absolute atomic E-state index is 0.239. The van der Waals surface area contributed by atoms with E-state index in [1.165, 1.54) is 11.3 Å². The Hall–Kier alpha value is -2.87. The van der Waals surface area contributed by atoms with Gasteiger partial charge in [-0.15, -0.1) is 11.3 Å². The number of nitrogens with one attached hydrogen (secondary N) is 2. The van der Waals surface area contributed by atoms with Crippen LogP contribution in [0.2, 0.25) is 0 Å². The third kappa shape index (κ3) is 4.85. The van der Waals surface area contributed by atoms with Crippen molar-refractivity contribution in [3.8, 4) is 0 Å². The van der Waals surface area contributed by atoms with E-state index >= 15 is 0 Å². The second-order valence-corrected chi connectivity index (χ2v) is 6.85. The average Bonchev–Trinajstić information content (AvgIpc) is 2.93. The van der Waals surface area contributed by atoms with Gasteiger partial charge in [0, 0.05) is 17.6 Å². The molecule has 1 aromatic heterocycles. The van der Waals surface area contributed by atoms with Crippen LogP contribution >= 0.6 is 11.3 Å². The van der Waals surface area contributed by atoms with Gasteiger partial charge in [-0.25, -0.2) is 9.59 Å². The van der Waals surface area contributed by atoms with Crippen LogP contribution in [-0.2, 0) is 14.3 Å². The summed E-state index contributed by atoms with van der Waals surface area (Å²) in [7, 11) is 1.69. The monoisotopic (exact) mass is 390 g/mol. The number of carbonyl (C=O) groups excluding carboxylic acids is 3. The lowest BCUT2D eigenvalue weighted by Crippen LogP contribution is -2.22. The number of esters is 2. The molecular formula is C19H22N2O5S. The fraction of sp³-hybridized carbons (Fsp3) is 0.316. The van der Waals surface area contributed by atoms with Crippen molar-refractivity contribution in [1.82, 2.24) is 0 Å². The molecule has 0 spiro atoms. The molecule has 0 aliphatic carbocycles. The summed E-state index contributed by atoms with van der Waals surface area (Å²) < 4.78 is 10.1. The summed E-state index contributed by atoms with van der Waals surface area (Å²) in [6, 6.07) is 6.84. The molecule has 0 unspecified atom stereocenters. The largest absolute Gasteiger partial charge is 0.462 e. The van der Waals surface area contributed by atoms with Crippen LogP contribution in [0, 0.1) is 13.8 Å². The zero-order chi connectivity index (χ0) is 20.0. The number of aryl methyl sites for hydroxylation is 1. The van der Waals surface area contributed by atoms with Gasteiger partial charge in [0.2, 0.25) is 0 Å². The van der Waals surface area contributed by atoms with Crippen molar-refractivity contribution >= 4 is 39.9 Å². The lowest BCUT2D eigenvalue weighted by molar-refractivity contribution is -0.119. The van der Waals surface area contributed by atoms with Crippen molar-refractivity contribution in [2.45, 2.75) is 20.8 Å². The molecule has 0 atom stereocenters. The Bertz CT molecular complexity index is 860. The highest BCUT2D eigenvalue weighted by molar-refractivity contribution is 7.16. The van der Waals surface area contributed by atoms with Gasteiger partial charge >= 0.3 is 11.9 Å². The highest BCUT2D eigenvalue weighted by Gasteiger charge is 2.22. The molecular weight excluding hydrogens is 368 g/mol. The van der Waals surface area contributed by atoms with Gasteiger partial charge in [0.1, 0.15) is 5.00 Å². The third-order valence-corrected chi connectivity index (χ3v) is 4.99. The molecule has 1 amide bonds. The normalized spacial score (nSPS) is 10.2. The molecule has 1 heterocycles. The van der Waals surface area contributed by atoms with Crippen LogP contribution in [0.5, 0.6) is 0 Å². The third-order valence-electron chi connectivity index (χ3n) is 3.87. The summed E-state index contributed by atoms with van der Waals surface area (Å²) in [6.07, 6.45) is 0. The van der Waals surface area contributed by atoms with Crippen molar-refractivity contribution in [2.75, 3.05) is 30.9 Å². The van der Waals surface area contributed by atoms with E-state index in [1.807, 2.05) is 6.92 Å². The maximum absolute atomic E-state index is 12.2. The van der Waals surface area contributed by atoms with Crippen molar-refractivity contribution < 1.29 is 23.9 Å². The minimum Gasteiger partial charge on any atom is -0.462 e. The molecule has 8 heteroatoms. The average molecular weight is 390 g/mol. The molecule has 0 radical (unpaired) electrons. The van der Waals surface area contributed by atoms with Crippen LogP contribution < -0.4 is 10.6 Å². The minimum atomic E-state index is -0.612. The number of carbonyl (C=O) groups is 3. The van der Waals surface area contributed by atoms with E-state index in [9.17, 15) is 14.4 Å². The first kappa shape index (κ1) is 20.4. The molecule has 0 aliphatic heterocycles. The fourth-order valence-electron chi connectivity index (χ4n) is 2.41. The van der Waals surface area contributed by atoms with Crippen molar-refractivity contribution in [3.63, 3.8) is 0 Å². The first-order valence-electron chi connectivity index (χ1n) is 8.39. The van der Waals surface area contributed by atoms with Gasteiger partial charge in [-0.3, -0.25) is 4.79 Å². The molecule has 0 saturated heterocycles. The summed E-state index contributed by atoms with van der Waals surface area (Å²) in [5.74, 6) is -1.63. The summed E-state index contributed by atoms with van der Waals surface area (Å²) in [6.45, 7) is 5.14. The summed E-state index contributed by atoms with van der Waals surface area (Å²) in [4.78, 5) is 37.4. The Morgan fingerprint density at radius 3 is 2.44 bits per heavy atom. The molecule has 2 N–H and O–H groups in total.